The normalized spacial score (nSPS) is 24.5. The Balaban J connectivity index is 1.67. The topological polar surface area (TPSA) is 141 Å². The molecule has 2 aliphatic carbocycles. The van der Waals surface area contributed by atoms with Gasteiger partial charge in [0.15, 0.2) is 0 Å². The number of amides is 1. The highest BCUT2D eigenvalue weighted by atomic mass is 16.6. The molecule has 1 N–H and O–H groups in total. The van der Waals surface area contributed by atoms with Gasteiger partial charge in [0.25, 0.3) is 11.4 Å². The molecule has 10 heteroatoms. The number of hydrogen-bond donors (Lipinski definition) is 1. The van der Waals surface area contributed by atoms with E-state index in [0.29, 0.717) is 28.8 Å². The Bertz CT molecular complexity index is 1390. The van der Waals surface area contributed by atoms with Crippen LogP contribution >= 0.6 is 0 Å². The molecule has 1 amide bonds. The molecule has 2 atom stereocenters. The first-order chi connectivity index (χ1) is 15.5. The summed E-state index contributed by atoms with van der Waals surface area (Å²) >= 11 is 0. The van der Waals surface area contributed by atoms with Crippen LogP contribution in [0, 0.1) is 25.6 Å². The monoisotopic (exact) mass is 447 g/mol. The number of hydrogen-bond acceptors (Lipinski definition) is 7. The first kappa shape index (κ1) is 20.9. The number of benzene rings is 2. The Kier molecular flexibility index (Phi) is 4.14. The molecular weight excluding hydrogens is 426 g/mol. The molecule has 1 aromatic heterocycles. The third-order valence-corrected chi connectivity index (χ3v) is 7.93. The van der Waals surface area contributed by atoms with Crippen LogP contribution in [0.2, 0.25) is 0 Å². The average molecular weight is 447 g/mol. The molecule has 168 valence electrons. The van der Waals surface area contributed by atoms with E-state index in [9.17, 15) is 25.0 Å². The van der Waals surface area contributed by atoms with Gasteiger partial charge in [0.05, 0.1) is 37.7 Å². The quantitative estimate of drug-likeness (QED) is 0.461. The van der Waals surface area contributed by atoms with E-state index >= 15 is 0 Å². The van der Waals surface area contributed by atoms with E-state index < -0.39 is 26.1 Å². The summed E-state index contributed by atoms with van der Waals surface area (Å²) < 4.78 is 0. The lowest BCUT2D eigenvalue weighted by Gasteiger charge is -2.39. The van der Waals surface area contributed by atoms with Gasteiger partial charge in [-0.05, 0) is 30.4 Å². The van der Waals surface area contributed by atoms with Crippen LogP contribution in [0.1, 0.15) is 45.0 Å². The number of nitro groups is 2. The molecule has 2 unspecified atom stereocenters. The van der Waals surface area contributed by atoms with Gasteiger partial charge in [0.2, 0.25) is 5.91 Å². The van der Waals surface area contributed by atoms with Crippen molar-refractivity contribution in [2.75, 3.05) is 5.32 Å². The summed E-state index contributed by atoms with van der Waals surface area (Å²) in [5, 5.41) is 25.3. The molecule has 3 aromatic rings. The van der Waals surface area contributed by atoms with E-state index in [0.717, 1.165) is 12.1 Å². The van der Waals surface area contributed by atoms with Crippen molar-refractivity contribution < 1.29 is 14.6 Å². The molecule has 0 spiro atoms. The summed E-state index contributed by atoms with van der Waals surface area (Å²) in [7, 11) is 0. The molecule has 1 heterocycles. The fourth-order valence-electron chi connectivity index (χ4n) is 5.64. The second-order valence-electron chi connectivity index (χ2n) is 9.47. The molecule has 0 radical (unpaired) electrons. The molecule has 0 saturated heterocycles. The Morgan fingerprint density at radius 2 is 1.58 bits per heavy atom. The lowest BCUT2D eigenvalue weighted by atomic mass is 9.63. The van der Waals surface area contributed by atoms with Crippen molar-refractivity contribution in [2.45, 2.75) is 44.4 Å². The summed E-state index contributed by atoms with van der Waals surface area (Å²) in [6.45, 7) is 6.11. The molecular formula is C23H21N5O5. The number of nitrogens with zero attached hydrogens (tertiary/aromatic N) is 4. The minimum absolute atomic E-state index is 0.0968. The summed E-state index contributed by atoms with van der Waals surface area (Å²) in [5.41, 5.74) is 0.244. The standard InChI is InChI=1S/C23H21N5O5/c1-21(2)22(3)9-10-23(21,20(29)24-13-5-4-6-14(11-13)27(30)31)19-18(22)25-16-8-7-15(28(32)33)12-17(16)26-19/h4-8,11-12H,9-10H2,1-3H3,(H,24,29). The van der Waals surface area contributed by atoms with E-state index in [-0.39, 0.29) is 17.3 Å². The SMILES string of the molecule is CC12CCC(C(=O)Nc3cccc([N+](=O)[O-])c3)(c3nc4cc([N+](=O)[O-])ccc4nc31)C2(C)C. The van der Waals surface area contributed by atoms with E-state index in [1.54, 1.807) is 12.1 Å². The number of anilines is 1. The van der Waals surface area contributed by atoms with Crippen molar-refractivity contribution in [3.63, 3.8) is 0 Å². The molecule has 10 nitrogen and oxygen atoms in total. The second kappa shape index (κ2) is 6.53. The van der Waals surface area contributed by atoms with Crippen LogP contribution in [0.25, 0.3) is 11.0 Å². The fourth-order valence-corrected chi connectivity index (χ4v) is 5.64. The van der Waals surface area contributed by atoms with Gasteiger partial charge < -0.3 is 5.32 Å². The van der Waals surface area contributed by atoms with Crippen LogP contribution in [0.4, 0.5) is 17.1 Å². The second-order valence-corrected chi connectivity index (χ2v) is 9.47. The van der Waals surface area contributed by atoms with E-state index in [1.807, 2.05) is 13.8 Å². The highest BCUT2D eigenvalue weighted by Crippen LogP contribution is 2.70. The van der Waals surface area contributed by atoms with Crippen molar-refractivity contribution >= 4 is 34.0 Å². The van der Waals surface area contributed by atoms with Gasteiger partial charge in [0, 0.05) is 35.4 Å². The number of carbonyl (C=O) groups excluding carboxylic acids is 1. The number of rotatable bonds is 4. The van der Waals surface area contributed by atoms with Crippen molar-refractivity contribution in [3.8, 4) is 0 Å². The Labute approximate surface area is 188 Å². The molecule has 1 saturated carbocycles. The van der Waals surface area contributed by atoms with E-state index in [4.69, 9.17) is 9.97 Å². The van der Waals surface area contributed by atoms with Crippen LogP contribution in [0.3, 0.4) is 0 Å². The Hall–Kier alpha value is -3.95. The Morgan fingerprint density at radius 3 is 2.27 bits per heavy atom. The van der Waals surface area contributed by atoms with Crippen LogP contribution < -0.4 is 5.32 Å². The first-order valence-electron chi connectivity index (χ1n) is 10.5. The molecule has 2 aromatic carbocycles. The largest absolute Gasteiger partial charge is 0.325 e. The van der Waals surface area contributed by atoms with Gasteiger partial charge in [-0.25, -0.2) is 9.97 Å². The number of nitrogens with one attached hydrogen (secondary N) is 1. The number of nitro benzene ring substituents is 2. The van der Waals surface area contributed by atoms with Gasteiger partial charge in [-0.3, -0.25) is 25.0 Å². The number of carbonyl (C=O) groups is 1. The number of fused-ring (bicyclic) bond motifs is 6. The average Bonchev–Trinajstić information content (AvgIpc) is 3.07. The van der Waals surface area contributed by atoms with Crippen molar-refractivity contribution in [2.24, 2.45) is 5.41 Å². The van der Waals surface area contributed by atoms with Crippen LogP contribution in [0.5, 0.6) is 0 Å². The Morgan fingerprint density at radius 1 is 0.909 bits per heavy atom. The van der Waals surface area contributed by atoms with Crippen molar-refractivity contribution in [3.05, 3.63) is 74.1 Å². The molecule has 0 aliphatic heterocycles. The zero-order valence-corrected chi connectivity index (χ0v) is 18.3. The summed E-state index contributed by atoms with van der Waals surface area (Å²) in [5.74, 6) is -0.311. The zero-order chi connectivity index (χ0) is 23.8. The van der Waals surface area contributed by atoms with Crippen molar-refractivity contribution in [1.29, 1.82) is 0 Å². The van der Waals surface area contributed by atoms with Gasteiger partial charge in [-0.2, -0.15) is 0 Å². The van der Waals surface area contributed by atoms with Crippen LogP contribution in [-0.2, 0) is 15.6 Å². The highest BCUT2D eigenvalue weighted by molar-refractivity contribution is 6.02. The van der Waals surface area contributed by atoms with Gasteiger partial charge in [0.1, 0.15) is 0 Å². The maximum atomic E-state index is 13.9. The predicted octanol–water partition coefficient (Wildman–Crippen LogP) is 4.41. The van der Waals surface area contributed by atoms with Crippen molar-refractivity contribution in [1.82, 2.24) is 9.97 Å². The molecule has 33 heavy (non-hydrogen) atoms. The summed E-state index contributed by atoms with van der Waals surface area (Å²) in [6, 6.07) is 10.2. The van der Waals surface area contributed by atoms with Gasteiger partial charge in [-0.1, -0.05) is 26.8 Å². The zero-order valence-electron chi connectivity index (χ0n) is 18.3. The molecule has 2 bridgehead atoms. The molecule has 2 aliphatic rings. The minimum Gasteiger partial charge on any atom is -0.325 e. The maximum Gasteiger partial charge on any atom is 0.271 e. The molecule has 5 rings (SSSR count). The van der Waals surface area contributed by atoms with Gasteiger partial charge >= 0.3 is 0 Å². The third kappa shape index (κ3) is 2.57. The third-order valence-electron chi connectivity index (χ3n) is 7.93. The maximum absolute atomic E-state index is 13.9. The highest BCUT2D eigenvalue weighted by Gasteiger charge is 2.73. The first-order valence-corrected chi connectivity index (χ1v) is 10.5. The molecule has 1 fully saturated rings. The number of aromatic nitrogens is 2. The summed E-state index contributed by atoms with van der Waals surface area (Å²) in [6.07, 6.45) is 1.25. The van der Waals surface area contributed by atoms with Crippen LogP contribution in [-0.4, -0.2) is 25.7 Å². The minimum atomic E-state index is -1.03. The van der Waals surface area contributed by atoms with E-state index in [2.05, 4.69) is 12.2 Å². The smallest absolute Gasteiger partial charge is 0.271 e. The lowest BCUT2D eigenvalue weighted by molar-refractivity contribution is -0.384. The predicted molar refractivity (Wildman–Crippen MR) is 120 cm³/mol. The summed E-state index contributed by atoms with van der Waals surface area (Å²) in [4.78, 5) is 44.8. The lowest BCUT2D eigenvalue weighted by Crippen LogP contribution is -2.48. The number of non-ortho nitro benzene ring substituents is 2. The van der Waals surface area contributed by atoms with E-state index in [1.165, 1.54) is 30.3 Å². The fraction of sp³-hybridized carbons (Fsp3) is 0.348. The van der Waals surface area contributed by atoms with Crippen LogP contribution in [0.15, 0.2) is 42.5 Å². The van der Waals surface area contributed by atoms with Gasteiger partial charge in [-0.15, -0.1) is 0 Å².